The number of anilines is 1. The molecule has 1 amide bonds. The van der Waals surface area contributed by atoms with Crippen molar-refractivity contribution >= 4 is 34.5 Å². The monoisotopic (exact) mass is 634 g/mol. The van der Waals surface area contributed by atoms with Gasteiger partial charge in [-0.25, -0.2) is 0 Å². The Labute approximate surface area is 254 Å². The second kappa shape index (κ2) is 19.2. The van der Waals surface area contributed by atoms with Crippen LogP contribution in [0, 0.1) is 6.92 Å². The smallest absolute Gasteiger partial charge is 0.255 e. The highest BCUT2D eigenvalue weighted by Crippen LogP contribution is 2.27. The molecular formula is C32H44BrClN2O2S. The minimum absolute atomic E-state index is 0. The van der Waals surface area contributed by atoms with Gasteiger partial charge in [0.05, 0.1) is 22.7 Å². The second-order valence-corrected chi connectivity index (χ2v) is 11.6. The quantitative estimate of drug-likeness (QED) is 0.130. The minimum atomic E-state index is -0.175. The van der Waals surface area contributed by atoms with Gasteiger partial charge >= 0.3 is 0 Å². The fourth-order valence-corrected chi connectivity index (χ4v) is 5.44. The van der Waals surface area contributed by atoms with Gasteiger partial charge in [0.25, 0.3) is 5.91 Å². The zero-order valence-corrected chi connectivity index (χ0v) is 26.7. The summed E-state index contributed by atoms with van der Waals surface area (Å²) in [5.74, 6) is 0.562. The van der Waals surface area contributed by atoms with Crippen LogP contribution in [-0.4, -0.2) is 12.5 Å². The van der Waals surface area contributed by atoms with E-state index in [1.165, 1.54) is 75.6 Å². The molecule has 0 aliphatic carbocycles. The van der Waals surface area contributed by atoms with Crippen molar-refractivity contribution in [2.75, 3.05) is 11.9 Å². The van der Waals surface area contributed by atoms with Crippen LogP contribution < -0.4 is 31.6 Å². The van der Waals surface area contributed by atoms with E-state index < -0.39 is 0 Å². The van der Waals surface area contributed by atoms with Crippen LogP contribution in [0.3, 0.4) is 0 Å². The molecule has 3 rings (SSSR count). The molecule has 1 N–H and O–H groups in total. The number of rotatable bonds is 18. The molecule has 2 aromatic carbocycles. The maximum absolute atomic E-state index is 12.9. The lowest BCUT2D eigenvalue weighted by Crippen LogP contribution is -3.00. The molecule has 0 saturated carbocycles. The van der Waals surface area contributed by atoms with Crippen molar-refractivity contribution in [2.24, 2.45) is 0 Å². The van der Waals surface area contributed by atoms with Crippen LogP contribution in [0.1, 0.15) is 105 Å². The summed E-state index contributed by atoms with van der Waals surface area (Å²) in [5, 5.41) is 6.71. The number of aryl methyl sites for hydroxylation is 1. The maximum Gasteiger partial charge on any atom is 0.255 e. The van der Waals surface area contributed by atoms with E-state index in [1.807, 2.05) is 36.4 Å². The number of ether oxygens (including phenoxy) is 1. The summed E-state index contributed by atoms with van der Waals surface area (Å²) in [6.45, 7) is 5.79. The van der Waals surface area contributed by atoms with Crippen molar-refractivity contribution in [1.82, 2.24) is 0 Å². The van der Waals surface area contributed by atoms with E-state index in [4.69, 9.17) is 16.3 Å². The number of hydrogen-bond donors (Lipinski definition) is 1. The molecule has 0 aliphatic heterocycles. The zero-order valence-electron chi connectivity index (χ0n) is 23.5. The molecule has 1 aromatic heterocycles. The largest absolute Gasteiger partial charge is 1.00 e. The van der Waals surface area contributed by atoms with E-state index in [2.05, 4.69) is 35.3 Å². The van der Waals surface area contributed by atoms with Crippen molar-refractivity contribution in [2.45, 2.75) is 97.4 Å². The summed E-state index contributed by atoms with van der Waals surface area (Å²) < 4.78 is 8.08. The molecule has 0 bridgehead atoms. The number of thiazole rings is 1. The highest BCUT2D eigenvalue weighted by molar-refractivity contribution is 7.09. The minimum Gasteiger partial charge on any atom is -1.00 e. The number of halogens is 2. The molecule has 39 heavy (non-hydrogen) atoms. The van der Waals surface area contributed by atoms with Crippen LogP contribution in [0.5, 0.6) is 5.75 Å². The number of nitrogens with one attached hydrogen (secondary N) is 1. The molecule has 7 heteroatoms. The number of amides is 1. The van der Waals surface area contributed by atoms with Crippen molar-refractivity contribution in [3.8, 4) is 5.75 Å². The van der Waals surface area contributed by atoms with Gasteiger partial charge in [0.2, 0.25) is 5.01 Å². The lowest BCUT2D eigenvalue weighted by Gasteiger charge is -2.11. The number of carbonyl (C=O) groups is 1. The third-order valence-electron chi connectivity index (χ3n) is 6.88. The first-order valence-electron chi connectivity index (χ1n) is 14.3. The molecule has 4 nitrogen and oxygen atoms in total. The Morgan fingerprint density at radius 3 is 2.21 bits per heavy atom. The first kappa shape index (κ1) is 33.3. The topological polar surface area (TPSA) is 42.2 Å². The number of carbonyl (C=O) groups excluding carboxylic acids is 1. The van der Waals surface area contributed by atoms with E-state index in [0.29, 0.717) is 22.9 Å². The third-order valence-corrected chi connectivity index (χ3v) is 8.03. The van der Waals surface area contributed by atoms with E-state index in [0.717, 1.165) is 24.3 Å². The van der Waals surface area contributed by atoms with Crippen molar-refractivity contribution in [1.29, 1.82) is 0 Å². The molecule has 0 radical (unpaired) electrons. The number of unbranched alkanes of at least 4 members (excludes halogenated alkanes) is 11. The van der Waals surface area contributed by atoms with Gasteiger partial charge < -0.3 is 27.0 Å². The van der Waals surface area contributed by atoms with Crippen molar-refractivity contribution in [3.63, 3.8) is 0 Å². The molecule has 0 fully saturated rings. The number of benzene rings is 2. The summed E-state index contributed by atoms with van der Waals surface area (Å²) in [6.07, 6.45) is 18.0. The van der Waals surface area contributed by atoms with Gasteiger partial charge in [-0.05, 0) is 30.7 Å². The summed E-state index contributed by atoms with van der Waals surface area (Å²) in [4.78, 5) is 12.9. The Kier molecular flexibility index (Phi) is 16.4. The summed E-state index contributed by atoms with van der Waals surface area (Å²) in [7, 11) is 0. The summed E-state index contributed by atoms with van der Waals surface area (Å²) >= 11 is 8.18. The Balaban J connectivity index is 0.00000533. The summed E-state index contributed by atoms with van der Waals surface area (Å²) in [6, 6.07) is 13.2. The Hall–Kier alpha value is -1.89. The van der Waals surface area contributed by atoms with E-state index >= 15 is 0 Å². The second-order valence-electron chi connectivity index (χ2n) is 10.1. The van der Waals surface area contributed by atoms with Gasteiger partial charge in [0.1, 0.15) is 5.75 Å². The fraction of sp³-hybridized carbons (Fsp3) is 0.500. The standard InChI is InChI=1S/C32H43ClN2O2S.BrH/c1-3-4-5-6-7-8-9-10-11-12-13-14-21-37-29-18-19-31(30(33)24-29)34-32(36)28-17-15-16-27(23-28)25-35-20-22-38-26(35)2;/h15-20,22-24H,3-14,21,25H2,1-2H3;1H. The molecule has 214 valence electrons. The van der Waals surface area contributed by atoms with Crippen LogP contribution in [-0.2, 0) is 6.54 Å². The van der Waals surface area contributed by atoms with Gasteiger partial charge in [-0.1, -0.05) is 113 Å². The van der Waals surface area contributed by atoms with Gasteiger partial charge in [-0.2, -0.15) is 4.57 Å². The SMILES string of the molecule is CCCCCCCCCCCCCCOc1ccc(NC(=O)c2cccc(C[n+]3ccsc3C)c2)c(Cl)c1.[Br-]. The first-order valence-corrected chi connectivity index (χ1v) is 15.6. The third kappa shape index (κ3) is 12.4. The average molecular weight is 636 g/mol. The predicted octanol–water partition coefficient (Wildman–Crippen LogP) is 6.38. The van der Waals surface area contributed by atoms with Gasteiger partial charge in [-0.15, -0.1) is 0 Å². The van der Waals surface area contributed by atoms with E-state index in [1.54, 1.807) is 17.4 Å². The lowest BCUT2D eigenvalue weighted by molar-refractivity contribution is -0.689. The fourth-order valence-electron chi connectivity index (χ4n) is 4.56. The maximum atomic E-state index is 12.9. The Bertz CT molecular complexity index is 1120. The molecule has 0 atom stereocenters. The average Bonchev–Trinajstić information content (AvgIpc) is 3.32. The van der Waals surface area contributed by atoms with Crippen molar-refractivity contribution < 1.29 is 31.1 Å². The molecule has 0 aliphatic rings. The highest BCUT2D eigenvalue weighted by Gasteiger charge is 2.13. The van der Waals surface area contributed by atoms with Crippen LogP contribution in [0.2, 0.25) is 5.02 Å². The first-order chi connectivity index (χ1) is 18.6. The summed E-state index contributed by atoms with van der Waals surface area (Å²) in [5.41, 5.74) is 2.28. The van der Waals surface area contributed by atoms with Crippen LogP contribution >= 0.6 is 22.9 Å². The Morgan fingerprint density at radius 1 is 0.923 bits per heavy atom. The van der Waals surface area contributed by atoms with E-state index in [-0.39, 0.29) is 22.9 Å². The van der Waals surface area contributed by atoms with Crippen LogP contribution in [0.4, 0.5) is 5.69 Å². The zero-order chi connectivity index (χ0) is 27.0. The van der Waals surface area contributed by atoms with Crippen LogP contribution in [0.15, 0.2) is 54.0 Å². The highest BCUT2D eigenvalue weighted by atomic mass is 79.9. The van der Waals surface area contributed by atoms with Gasteiger partial charge in [0, 0.05) is 24.1 Å². The Morgan fingerprint density at radius 2 is 1.59 bits per heavy atom. The van der Waals surface area contributed by atoms with Crippen molar-refractivity contribution in [3.05, 3.63) is 75.2 Å². The van der Waals surface area contributed by atoms with E-state index in [9.17, 15) is 4.79 Å². The number of aromatic nitrogens is 1. The molecule has 3 aromatic rings. The van der Waals surface area contributed by atoms with Crippen LogP contribution in [0.25, 0.3) is 0 Å². The normalized spacial score (nSPS) is 10.7. The number of nitrogens with zero attached hydrogens (tertiary/aromatic N) is 1. The molecule has 0 saturated heterocycles. The van der Waals surface area contributed by atoms with Gasteiger partial charge in [-0.3, -0.25) is 4.79 Å². The lowest BCUT2D eigenvalue weighted by atomic mass is 10.1. The van der Waals surface area contributed by atoms with Gasteiger partial charge in [0.15, 0.2) is 12.7 Å². The molecule has 0 spiro atoms. The molecule has 1 heterocycles. The molecule has 0 unspecified atom stereocenters. The number of hydrogen-bond acceptors (Lipinski definition) is 3. The predicted molar refractivity (Wildman–Crippen MR) is 161 cm³/mol. The molecular weight excluding hydrogens is 592 g/mol.